The molecule has 89 heavy (non-hydrogen) atoms. The van der Waals surface area contributed by atoms with E-state index in [1.165, 1.54) is 0 Å². The molecule has 0 saturated heterocycles. The molecule has 0 heterocycles. The van der Waals surface area contributed by atoms with Crippen LogP contribution < -0.4 is 0 Å². The summed E-state index contributed by atoms with van der Waals surface area (Å²) in [5.74, 6) is 0. The van der Waals surface area contributed by atoms with Crippen LogP contribution in [0.2, 0.25) is 0 Å². The molecule has 586 valence electrons. The molecule has 0 fully saturated rings. The fraction of sp³-hybridized carbons (Fsp3) is 1.00. The van der Waals surface area contributed by atoms with E-state index in [2.05, 4.69) is 332 Å². The Balaban J connectivity index is -0.0000000199. The molecule has 0 aliphatic rings. The average Bonchev–Trinajstić information content (AvgIpc) is 3.23. The predicted molar refractivity (Wildman–Crippen MR) is 465 cm³/mol. The molecular weight excluding hydrogens is 1070 g/mol. The van der Waals surface area contributed by atoms with E-state index in [9.17, 15) is 0 Å². The van der Waals surface area contributed by atoms with Gasteiger partial charge in [-0.25, -0.2) is 0 Å². The maximum absolute atomic E-state index is 2.27. The molecule has 0 unspecified atom stereocenters. The Bertz CT molecular complexity index is 668. The lowest BCUT2D eigenvalue weighted by atomic mass is 9.71. The van der Waals surface area contributed by atoms with Crippen molar-refractivity contribution in [2.75, 3.05) is 0 Å². The van der Waals surface area contributed by atoms with Gasteiger partial charge in [-0.1, -0.05) is 522 Å². The molecule has 0 N–H and O–H groups in total. The van der Waals surface area contributed by atoms with Crippen molar-refractivity contribution >= 4 is 0 Å². The minimum absolute atomic E-state index is 0. The minimum atomic E-state index is 0. The van der Waals surface area contributed by atoms with Crippen LogP contribution in [-0.2, 0) is 0 Å². The van der Waals surface area contributed by atoms with Crippen molar-refractivity contribution < 1.29 is 0 Å². The van der Waals surface area contributed by atoms with Crippen molar-refractivity contribution in [3.05, 3.63) is 0 Å². The highest BCUT2D eigenvalue weighted by molar-refractivity contribution is 4.79. The van der Waals surface area contributed by atoms with Crippen molar-refractivity contribution in [2.45, 2.75) is 522 Å². The fourth-order valence-electron chi connectivity index (χ4n) is 0. The summed E-state index contributed by atoms with van der Waals surface area (Å²) in [6.07, 6.45) is 0. The first-order valence-electron chi connectivity index (χ1n) is 36.0. The molecule has 0 aliphatic heterocycles. The van der Waals surface area contributed by atoms with Crippen molar-refractivity contribution in [1.82, 2.24) is 0 Å². The van der Waals surface area contributed by atoms with Gasteiger partial charge in [0.05, 0.1) is 0 Å². The summed E-state index contributed by atoms with van der Waals surface area (Å²) in [7, 11) is 0. The first kappa shape index (κ1) is 174. The van der Waals surface area contributed by atoms with Crippen LogP contribution >= 0.6 is 0 Å². The van der Waals surface area contributed by atoms with Gasteiger partial charge in [0, 0.05) is 0 Å². The molecule has 0 nitrogen and oxygen atoms in total. The van der Waals surface area contributed by atoms with Gasteiger partial charge < -0.3 is 0 Å². The lowest BCUT2D eigenvalue weighted by Gasteiger charge is -2.34. The average molecular weight is 1300 g/mol. The van der Waals surface area contributed by atoms with Crippen molar-refractivity contribution in [3.8, 4) is 0 Å². The third-order valence-corrected chi connectivity index (χ3v) is 9.00. The normalized spacial score (nSPS) is 9.91. The molecule has 0 bridgehead atoms. The molecule has 0 aromatic heterocycles. The van der Waals surface area contributed by atoms with Gasteiger partial charge in [0.1, 0.15) is 0 Å². The van der Waals surface area contributed by atoms with Gasteiger partial charge in [-0.15, -0.1) is 0 Å². The highest BCUT2D eigenvalue weighted by Crippen LogP contribution is 2.38. The van der Waals surface area contributed by atoms with Gasteiger partial charge in [0.25, 0.3) is 0 Å². The van der Waals surface area contributed by atoms with E-state index in [1.807, 2.05) is 152 Å². The summed E-state index contributed by atoms with van der Waals surface area (Å²) in [5.41, 5.74) is 6.50. The topological polar surface area (TPSA) is 0 Å². The van der Waals surface area contributed by atoms with Gasteiger partial charge in [-0.2, -0.15) is 0 Å². The van der Waals surface area contributed by atoms with E-state index in [4.69, 9.17) is 0 Å². The number of hydrogen-bond donors (Lipinski definition) is 0. The van der Waals surface area contributed by atoms with E-state index < -0.39 is 0 Å². The SMILES string of the molecule is C.C.C.C.C.CC.CC.CC.CC.CC.CC.CC.CC.CC.CC.CC.CC(C)(C)C.CC(C)(C)C.CC(C)(C)C.CC(C)(C)C.CC(C)(C)C.CC(C)(C)C.CC(C)(C)C(C)(C)C.CC(C)(C)C(C)(C)C.CC(C)(C)C(C)(C)C.CC(C)(C)C(C)(C)C. The van der Waals surface area contributed by atoms with Crippen LogP contribution in [0.15, 0.2) is 0 Å². The Hall–Kier alpha value is 0. The first-order chi connectivity index (χ1) is 36.0. The van der Waals surface area contributed by atoms with Gasteiger partial charge >= 0.3 is 0 Å². The molecular formula is C89H230. The Morgan fingerprint density at radius 2 is 0.0899 bits per heavy atom. The third-order valence-electron chi connectivity index (χ3n) is 9.00. The Kier molecular flexibility index (Phi) is 184. The Morgan fingerprint density at radius 3 is 0.0899 bits per heavy atom. The quantitative estimate of drug-likeness (QED) is 0.227. The molecule has 0 atom stereocenters. The molecule has 0 aromatic carbocycles. The summed E-state index contributed by atoms with van der Waals surface area (Å²) in [5, 5.41) is 0. The summed E-state index contributed by atoms with van der Waals surface area (Å²) < 4.78 is 0. The molecule has 0 amide bonds. The molecule has 0 rings (SSSR count). The molecule has 0 aliphatic carbocycles. The summed E-state index contributed by atoms with van der Waals surface area (Å²) in [6.45, 7) is 151. The second-order valence-electron chi connectivity index (χ2n) is 36.0. The largest absolute Gasteiger partial charge is 0.0776 e. The highest BCUT2D eigenvalue weighted by Gasteiger charge is 2.29. The van der Waals surface area contributed by atoms with Gasteiger partial charge in [-0.3, -0.25) is 0 Å². The fourth-order valence-corrected chi connectivity index (χ4v) is 0. The van der Waals surface area contributed by atoms with Crippen LogP contribution in [-0.4, -0.2) is 0 Å². The van der Waals surface area contributed by atoms with Crippen molar-refractivity contribution in [2.24, 2.45) is 75.8 Å². The van der Waals surface area contributed by atoms with E-state index >= 15 is 0 Å². The Labute approximate surface area is 594 Å². The Morgan fingerprint density at radius 1 is 0.0787 bits per heavy atom. The van der Waals surface area contributed by atoms with Crippen LogP contribution in [0.5, 0.6) is 0 Å². The standard InChI is InChI=1S/4C8H18.6C5H12.11C2H6.5CH4/c4*1-7(2,3)8(4,5)6;6*1-5(2,3)4;11*1-2;;;;;/h4*1-6H3;6*1-4H3;11*1-2H3;5*1H4. The van der Waals surface area contributed by atoms with Crippen LogP contribution in [0.4, 0.5) is 0 Å². The second-order valence-corrected chi connectivity index (χ2v) is 36.0. The number of rotatable bonds is 0. The van der Waals surface area contributed by atoms with E-state index in [-0.39, 0.29) is 37.1 Å². The molecule has 0 spiro atoms. The molecule has 0 radical (unpaired) electrons. The van der Waals surface area contributed by atoms with Crippen LogP contribution in [0.25, 0.3) is 0 Å². The zero-order valence-corrected chi connectivity index (χ0v) is 77.0. The zero-order chi connectivity index (χ0) is 77.0. The second kappa shape index (κ2) is 94.4. The third kappa shape index (κ3) is 502. The summed E-state index contributed by atoms with van der Waals surface area (Å²) in [6, 6.07) is 0. The predicted octanol–water partition coefficient (Wildman–Crippen LogP) is 39.1. The number of hydrogen-bond acceptors (Lipinski definition) is 0. The van der Waals surface area contributed by atoms with E-state index in [1.54, 1.807) is 0 Å². The van der Waals surface area contributed by atoms with E-state index in [0.717, 1.165) is 0 Å². The molecule has 0 aromatic rings. The smallest absolute Gasteiger partial charge is 0.0334 e. The van der Waals surface area contributed by atoms with Crippen molar-refractivity contribution in [1.29, 1.82) is 0 Å². The lowest BCUT2D eigenvalue weighted by Crippen LogP contribution is -2.25. The van der Waals surface area contributed by atoms with Crippen LogP contribution in [0.3, 0.4) is 0 Å². The van der Waals surface area contributed by atoms with Crippen molar-refractivity contribution in [3.63, 3.8) is 0 Å². The molecule has 0 saturated carbocycles. The maximum atomic E-state index is 2.27. The summed E-state index contributed by atoms with van der Waals surface area (Å²) >= 11 is 0. The minimum Gasteiger partial charge on any atom is -0.0776 e. The lowest BCUT2D eigenvalue weighted by molar-refractivity contribution is 0.157. The zero-order valence-electron chi connectivity index (χ0n) is 77.0. The maximum Gasteiger partial charge on any atom is -0.0334 e. The first-order valence-corrected chi connectivity index (χ1v) is 36.0. The van der Waals surface area contributed by atoms with E-state index in [0.29, 0.717) is 75.8 Å². The summed E-state index contributed by atoms with van der Waals surface area (Å²) in [4.78, 5) is 0. The van der Waals surface area contributed by atoms with Gasteiger partial charge in [0.15, 0.2) is 0 Å². The van der Waals surface area contributed by atoms with Gasteiger partial charge in [0.2, 0.25) is 0 Å². The highest BCUT2D eigenvalue weighted by atomic mass is 14.3. The monoisotopic (exact) mass is 1300 g/mol. The van der Waals surface area contributed by atoms with Crippen LogP contribution in [0, 0.1) is 75.8 Å². The van der Waals surface area contributed by atoms with Crippen LogP contribution in [0.1, 0.15) is 522 Å². The molecule has 0 heteroatoms. The van der Waals surface area contributed by atoms with Gasteiger partial charge in [-0.05, 0) is 75.8 Å².